The first-order valence-electron chi connectivity index (χ1n) is 5.50. The topological polar surface area (TPSA) is 121 Å². The van der Waals surface area contributed by atoms with E-state index in [-0.39, 0.29) is 23.9 Å². The van der Waals surface area contributed by atoms with Gasteiger partial charge < -0.3 is 10.8 Å². The summed E-state index contributed by atoms with van der Waals surface area (Å²) in [6, 6.07) is 6.95. The summed E-state index contributed by atoms with van der Waals surface area (Å²) in [6.45, 7) is 0.0935. The minimum absolute atomic E-state index is 0.00290. The number of H-pyrrole nitrogens is 1. The van der Waals surface area contributed by atoms with Crippen LogP contribution >= 0.6 is 0 Å². The molecule has 0 spiro atoms. The van der Waals surface area contributed by atoms with Gasteiger partial charge in [0.1, 0.15) is 10.7 Å². The lowest BCUT2D eigenvalue weighted by molar-refractivity contribution is 0.282. The molecule has 1 heterocycles. The summed E-state index contributed by atoms with van der Waals surface area (Å²) in [6.07, 6.45) is 1.16. The molecule has 7 nitrogen and oxygen atoms in total. The fraction of sp³-hybridized carbons (Fsp3) is 0.182. The highest BCUT2D eigenvalue weighted by atomic mass is 32.2. The molecule has 0 bridgehead atoms. The van der Waals surface area contributed by atoms with E-state index in [0.29, 0.717) is 0 Å². The number of aromatic nitrogens is 2. The van der Waals surface area contributed by atoms with Gasteiger partial charge in [0, 0.05) is 6.54 Å². The first-order valence-corrected chi connectivity index (χ1v) is 6.98. The summed E-state index contributed by atoms with van der Waals surface area (Å²) in [7, 11) is -3.68. The maximum Gasteiger partial charge on any atom is 0.246 e. The molecule has 2 aromatic rings. The summed E-state index contributed by atoms with van der Waals surface area (Å²) in [5, 5.41) is 14.8. The van der Waals surface area contributed by atoms with Crippen molar-refractivity contribution in [2.24, 2.45) is 0 Å². The lowest BCUT2D eigenvalue weighted by Crippen LogP contribution is -2.23. The number of aliphatic hydroxyl groups excluding tert-OH is 1. The zero-order chi connectivity index (χ0) is 13.9. The number of sulfonamides is 1. The van der Waals surface area contributed by atoms with Gasteiger partial charge in [-0.2, -0.15) is 5.10 Å². The fourth-order valence-corrected chi connectivity index (χ4v) is 2.56. The third kappa shape index (κ3) is 3.11. The molecule has 0 unspecified atom stereocenters. The number of anilines is 1. The maximum absolute atomic E-state index is 11.9. The fourth-order valence-electron chi connectivity index (χ4n) is 1.52. The third-order valence-electron chi connectivity index (χ3n) is 2.59. The number of hydrogen-bond donors (Lipinski definition) is 4. The quantitative estimate of drug-likeness (QED) is 0.613. The predicted molar refractivity (Wildman–Crippen MR) is 69.4 cm³/mol. The number of nitrogens with one attached hydrogen (secondary N) is 2. The van der Waals surface area contributed by atoms with E-state index in [1.165, 1.54) is 0 Å². The van der Waals surface area contributed by atoms with Crippen molar-refractivity contribution in [1.82, 2.24) is 14.9 Å². The molecule has 19 heavy (non-hydrogen) atoms. The predicted octanol–water partition coefficient (Wildman–Crippen LogP) is -0.0373. The second-order valence-corrected chi connectivity index (χ2v) is 5.68. The van der Waals surface area contributed by atoms with Crippen molar-refractivity contribution in [3.63, 3.8) is 0 Å². The number of rotatable bonds is 5. The van der Waals surface area contributed by atoms with Crippen molar-refractivity contribution in [2.45, 2.75) is 18.0 Å². The van der Waals surface area contributed by atoms with Gasteiger partial charge in [0.15, 0.2) is 0 Å². The second kappa shape index (κ2) is 5.39. The second-order valence-electron chi connectivity index (χ2n) is 3.95. The van der Waals surface area contributed by atoms with Crippen molar-refractivity contribution >= 4 is 15.8 Å². The standard InChI is InChI=1S/C11H14N4O3S/c12-11-10(6-13-15-11)19(17,18)14-5-8-1-3-9(7-16)4-2-8/h1-4,6,14,16H,5,7H2,(H3,12,13,15). The van der Waals surface area contributed by atoms with Crippen molar-refractivity contribution in [3.05, 3.63) is 41.6 Å². The summed E-state index contributed by atoms with van der Waals surface area (Å²) in [5.74, 6) is 0.00290. The third-order valence-corrected chi connectivity index (χ3v) is 4.02. The zero-order valence-electron chi connectivity index (χ0n) is 10.00. The Morgan fingerprint density at radius 1 is 1.26 bits per heavy atom. The molecule has 2 rings (SSSR count). The Labute approximate surface area is 110 Å². The average Bonchev–Trinajstić information content (AvgIpc) is 2.84. The molecule has 102 valence electrons. The number of benzene rings is 1. The normalized spacial score (nSPS) is 11.6. The smallest absolute Gasteiger partial charge is 0.246 e. The molecule has 0 fully saturated rings. The summed E-state index contributed by atoms with van der Waals surface area (Å²) < 4.78 is 26.3. The van der Waals surface area contributed by atoms with E-state index < -0.39 is 10.0 Å². The number of nitrogens with two attached hydrogens (primary N) is 1. The molecule has 0 aliphatic heterocycles. The largest absolute Gasteiger partial charge is 0.392 e. The summed E-state index contributed by atoms with van der Waals surface area (Å²) >= 11 is 0. The van der Waals surface area contributed by atoms with E-state index >= 15 is 0 Å². The number of nitrogens with zero attached hydrogens (tertiary/aromatic N) is 1. The Kier molecular flexibility index (Phi) is 3.84. The summed E-state index contributed by atoms with van der Waals surface area (Å²) in [5.41, 5.74) is 7.02. The van der Waals surface area contributed by atoms with Gasteiger partial charge in [0.05, 0.1) is 12.8 Å². The van der Waals surface area contributed by atoms with Gasteiger partial charge in [-0.1, -0.05) is 24.3 Å². The zero-order valence-corrected chi connectivity index (χ0v) is 10.8. The van der Waals surface area contributed by atoms with Crippen LogP contribution in [-0.2, 0) is 23.2 Å². The molecular formula is C11H14N4O3S. The molecule has 0 amide bonds. The van der Waals surface area contributed by atoms with E-state index in [2.05, 4.69) is 14.9 Å². The van der Waals surface area contributed by atoms with Crippen LogP contribution in [0.1, 0.15) is 11.1 Å². The number of aliphatic hydroxyl groups is 1. The summed E-state index contributed by atoms with van der Waals surface area (Å²) in [4.78, 5) is -0.0699. The number of nitrogen functional groups attached to an aromatic ring is 1. The Morgan fingerprint density at radius 2 is 1.89 bits per heavy atom. The molecule has 1 aromatic carbocycles. The van der Waals surface area contributed by atoms with Crippen LogP contribution < -0.4 is 10.5 Å². The van der Waals surface area contributed by atoms with E-state index in [0.717, 1.165) is 17.3 Å². The first-order chi connectivity index (χ1) is 9.03. The number of hydrogen-bond acceptors (Lipinski definition) is 5. The molecule has 0 saturated carbocycles. The minimum atomic E-state index is -3.68. The van der Waals surface area contributed by atoms with Crippen LogP contribution in [0.25, 0.3) is 0 Å². The highest BCUT2D eigenvalue weighted by Gasteiger charge is 2.18. The van der Waals surface area contributed by atoms with Gasteiger partial charge >= 0.3 is 0 Å². The first kappa shape index (κ1) is 13.5. The minimum Gasteiger partial charge on any atom is -0.392 e. The highest BCUT2D eigenvalue weighted by Crippen LogP contribution is 2.14. The van der Waals surface area contributed by atoms with Gasteiger partial charge in [-0.25, -0.2) is 13.1 Å². The van der Waals surface area contributed by atoms with Gasteiger partial charge in [-0.3, -0.25) is 5.10 Å². The maximum atomic E-state index is 11.9. The van der Waals surface area contributed by atoms with Crippen LogP contribution in [0.15, 0.2) is 35.4 Å². The van der Waals surface area contributed by atoms with Gasteiger partial charge in [-0.15, -0.1) is 0 Å². The van der Waals surface area contributed by atoms with Gasteiger partial charge in [0.25, 0.3) is 0 Å². The Bertz CT molecular complexity index is 649. The Balaban J connectivity index is 2.07. The van der Waals surface area contributed by atoms with Gasteiger partial charge in [-0.05, 0) is 11.1 Å². The molecule has 5 N–H and O–H groups in total. The monoisotopic (exact) mass is 282 g/mol. The molecular weight excluding hydrogens is 268 g/mol. The molecule has 0 atom stereocenters. The highest BCUT2D eigenvalue weighted by molar-refractivity contribution is 7.89. The number of aromatic amines is 1. The lowest BCUT2D eigenvalue weighted by atomic mass is 10.1. The molecule has 8 heteroatoms. The van der Waals surface area contributed by atoms with Crippen LogP contribution in [0.4, 0.5) is 5.82 Å². The SMILES string of the molecule is Nc1[nH]ncc1S(=O)(=O)NCc1ccc(CO)cc1. The van der Waals surface area contributed by atoms with E-state index in [9.17, 15) is 8.42 Å². The van der Waals surface area contributed by atoms with Crippen LogP contribution in [0.2, 0.25) is 0 Å². The van der Waals surface area contributed by atoms with Gasteiger partial charge in [0.2, 0.25) is 10.0 Å². The van der Waals surface area contributed by atoms with Crippen molar-refractivity contribution in [2.75, 3.05) is 5.73 Å². The van der Waals surface area contributed by atoms with E-state index in [1.54, 1.807) is 24.3 Å². The van der Waals surface area contributed by atoms with Crippen molar-refractivity contribution < 1.29 is 13.5 Å². The van der Waals surface area contributed by atoms with E-state index in [1.807, 2.05) is 0 Å². The molecule has 0 aliphatic carbocycles. The molecule has 0 aliphatic rings. The van der Waals surface area contributed by atoms with Crippen molar-refractivity contribution in [3.8, 4) is 0 Å². The van der Waals surface area contributed by atoms with Crippen LogP contribution in [0.3, 0.4) is 0 Å². The molecule has 1 aromatic heterocycles. The van der Waals surface area contributed by atoms with Crippen LogP contribution in [-0.4, -0.2) is 23.7 Å². The van der Waals surface area contributed by atoms with Crippen LogP contribution in [0.5, 0.6) is 0 Å². The van der Waals surface area contributed by atoms with E-state index in [4.69, 9.17) is 10.8 Å². The average molecular weight is 282 g/mol. The Morgan fingerprint density at radius 3 is 2.42 bits per heavy atom. The van der Waals surface area contributed by atoms with Crippen LogP contribution in [0, 0.1) is 0 Å². The molecule has 0 saturated heterocycles. The Hall–Kier alpha value is -1.90. The molecule has 0 radical (unpaired) electrons. The lowest BCUT2D eigenvalue weighted by Gasteiger charge is -2.06. The van der Waals surface area contributed by atoms with Crippen molar-refractivity contribution in [1.29, 1.82) is 0 Å².